The van der Waals surface area contributed by atoms with E-state index in [-0.39, 0.29) is 12.1 Å². The molecular formula is C18H25N3O2. The van der Waals surface area contributed by atoms with Gasteiger partial charge in [-0.2, -0.15) is 4.98 Å². The van der Waals surface area contributed by atoms with E-state index in [1.165, 1.54) is 5.56 Å². The summed E-state index contributed by atoms with van der Waals surface area (Å²) in [5, 5.41) is 14.1. The molecule has 3 rings (SSSR count). The van der Waals surface area contributed by atoms with Gasteiger partial charge in [-0.3, -0.25) is 4.90 Å². The molecule has 3 atom stereocenters. The van der Waals surface area contributed by atoms with E-state index in [9.17, 15) is 5.11 Å². The predicted molar refractivity (Wildman–Crippen MR) is 87.9 cm³/mol. The number of aliphatic hydroxyl groups is 1. The molecule has 0 radical (unpaired) electrons. The maximum Gasteiger partial charge on any atom is 0.243 e. The lowest BCUT2D eigenvalue weighted by molar-refractivity contribution is 0.0930. The minimum Gasteiger partial charge on any atom is -0.393 e. The first-order valence-corrected chi connectivity index (χ1v) is 8.38. The third-order valence-corrected chi connectivity index (χ3v) is 4.85. The molecule has 23 heavy (non-hydrogen) atoms. The molecule has 5 heteroatoms. The quantitative estimate of drug-likeness (QED) is 0.888. The average molecular weight is 315 g/mol. The van der Waals surface area contributed by atoms with Crippen LogP contribution in [0.3, 0.4) is 0 Å². The molecule has 1 aliphatic carbocycles. The van der Waals surface area contributed by atoms with Crippen LogP contribution in [0.5, 0.6) is 0 Å². The van der Waals surface area contributed by atoms with Gasteiger partial charge in [-0.25, -0.2) is 0 Å². The standard InChI is InChI=1S/C18H25N3O2/c1-13(21(2)12-15-9-6-10-16(15)22)18-19-17(20-23-18)11-14-7-4-3-5-8-14/h3-5,7-8,13,15-16,22H,6,9-12H2,1-2H3. The first-order chi connectivity index (χ1) is 11.1. The Hall–Kier alpha value is -1.72. The summed E-state index contributed by atoms with van der Waals surface area (Å²) in [6.07, 6.45) is 3.66. The van der Waals surface area contributed by atoms with Gasteiger partial charge in [-0.1, -0.05) is 41.9 Å². The molecule has 124 valence electrons. The molecule has 2 aromatic rings. The first kappa shape index (κ1) is 16.1. The second-order valence-electron chi connectivity index (χ2n) is 6.59. The summed E-state index contributed by atoms with van der Waals surface area (Å²) in [5.41, 5.74) is 1.18. The van der Waals surface area contributed by atoms with Crippen molar-refractivity contribution in [2.75, 3.05) is 13.6 Å². The van der Waals surface area contributed by atoms with Gasteiger partial charge in [0.25, 0.3) is 0 Å². The van der Waals surface area contributed by atoms with Crippen molar-refractivity contribution in [2.24, 2.45) is 5.92 Å². The number of rotatable bonds is 6. The molecule has 0 bridgehead atoms. The van der Waals surface area contributed by atoms with Crippen molar-refractivity contribution < 1.29 is 9.63 Å². The van der Waals surface area contributed by atoms with Crippen LogP contribution in [0.25, 0.3) is 0 Å². The Bertz CT molecular complexity index is 614. The van der Waals surface area contributed by atoms with Crippen LogP contribution in [0.4, 0.5) is 0 Å². The van der Waals surface area contributed by atoms with Crippen LogP contribution in [0.15, 0.2) is 34.9 Å². The highest BCUT2D eigenvalue weighted by Crippen LogP contribution is 2.28. The van der Waals surface area contributed by atoms with Crippen LogP contribution in [-0.2, 0) is 6.42 Å². The van der Waals surface area contributed by atoms with Crippen LogP contribution in [0, 0.1) is 5.92 Å². The van der Waals surface area contributed by atoms with Gasteiger partial charge in [-0.05, 0) is 38.3 Å². The number of aromatic nitrogens is 2. The van der Waals surface area contributed by atoms with Gasteiger partial charge >= 0.3 is 0 Å². The van der Waals surface area contributed by atoms with Gasteiger partial charge in [0.1, 0.15) is 0 Å². The fourth-order valence-electron chi connectivity index (χ4n) is 3.23. The zero-order valence-electron chi connectivity index (χ0n) is 13.9. The molecule has 1 aromatic heterocycles. The maximum absolute atomic E-state index is 9.98. The van der Waals surface area contributed by atoms with Crippen LogP contribution in [0.2, 0.25) is 0 Å². The van der Waals surface area contributed by atoms with Crippen LogP contribution in [0.1, 0.15) is 49.5 Å². The zero-order valence-corrected chi connectivity index (χ0v) is 13.9. The fraction of sp³-hybridized carbons (Fsp3) is 0.556. The Kier molecular flexibility index (Phi) is 5.08. The summed E-state index contributed by atoms with van der Waals surface area (Å²) in [5.74, 6) is 1.72. The molecule has 0 saturated heterocycles. The van der Waals surface area contributed by atoms with E-state index < -0.39 is 0 Å². The maximum atomic E-state index is 9.98. The van der Waals surface area contributed by atoms with Crippen LogP contribution in [-0.4, -0.2) is 39.8 Å². The molecule has 1 aromatic carbocycles. The van der Waals surface area contributed by atoms with Gasteiger partial charge in [-0.15, -0.1) is 0 Å². The minimum atomic E-state index is -0.166. The topological polar surface area (TPSA) is 62.4 Å². The largest absolute Gasteiger partial charge is 0.393 e. The lowest BCUT2D eigenvalue weighted by atomic mass is 10.0. The van der Waals surface area contributed by atoms with E-state index in [1.807, 2.05) is 18.2 Å². The highest BCUT2D eigenvalue weighted by atomic mass is 16.5. The van der Waals surface area contributed by atoms with Crippen molar-refractivity contribution >= 4 is 0 Å². The highest BCUT2D eigenvalue weighted by Gasteiger charge is 2.28. The Labute approximate surface area is 137 Å². The number of nitrogens with zero attached hydrogens (tertiary/aromatic N) is 3. The molecule has 0 aliphatic heterocycles. The van der Waals surface area contributed by atoms with E-state index in [1.54, 1.807) is 0 Å². The Morgan fingerprint density at radius 1 is 1.30 bits per heavy atom. The van der Waals surface area contributed by atoms with Crippen molar-refractivity contribution in [3.63, 3.8) is 0 Å². The second-order valence-corrected chi connectivity index (χ2v) is 6.59. The summed E-state index contributed by atoms with van der Waals surface area (Å²) >= 11 is 0. The van der Waals surface area contributed by atoms with E-state index in [0.29, 0.717) is 24.1 Å². The minimum absolute atomic E-state index is 0.0554. The smallest absolute Gasteiger partial charge is 0.243 e. The van der Waals surface area contributed by atoms with Gasteiger partial charge in [0, 0.05) is 13.0 Å². The normalized spacial score (nSPS) is 22.6. The first-order valence-electron chi connectivity index (χ1n) is 8.38. The zero-order chi connectivity index (χ0) is 16.2. The second kappa shape index (κ2) is 7.23. The van der Waals surface area contributed by atoms with Crippen LogP contribution < -0.4 is 0 Å². The molecule has 3 unspecified atom stereocenters. The number of aliphatic hydroxyl groups excluding tert-OH is 1. The van der Waals surface area contributed by atoms with E-state index >= 15 is 0 Å². The number of hydrogen-bond donors (Lipinski definition) is 1. The monoisotopic (exact) mass is 315 g/mol. The summed E-state index contributed by atoms with van der Waals surface area (Å²) < 4.78 is 5.45. The van der Waals surface area contributed by atoms with Crippen molar-refractivity contribution in [1.29, 1.82) is 0 Å². The lowest BCUT2D eigenvalue weighted by Crippen LogP contribution is -2.32. The third kappa shape index (κ3) is 3.98. The molecule has 1 N–H and O–H groups in total. The van der Waals surface area contributed by atoms with Gasteiger partial charge in [0.05, 0.1) is 12.1 Å². The summed E-state index contributed by atoms with van der Waals surface area (Å²) in [4.78, 5) is 6.73. The van der Waals surface area contributed by atoms with Crippen molar-refractivity contribution in [2.45, 2.75) is 44.8 Å². The summed E-state index contributed by atoms with van der Waals surface area (Å²) in [6.45, 7) is 2.93. The summed E-state index contributed by atoms with van der Waals surface area (Å²) in [6, 6.07) is 10.2. The van der Waals surface area contributed by atoms with Crippen molar-refractivity contribution in [3.8, 4) is 0 Å². The average Bonchev–Trinajstić information content (AvgIpc) is 3.17. The Morgan fingerprint density at radius 2 is 2.09 bits per heavy atom. The lowest BCUT2D eigenvalue weighted by Gasteiger charge is -2.26. The van der Waals surface area contributed by atoms with E-state index in [4.69, 9.17) is 4.52 Å². The molecule has 1 aliphatic rings. The van der Waals surface area contributed by atoms with E-state index in [2.05, 4.69) is 41.1 Å². The molecule has 1 heterocycles. The van der Waals surface area contributed by atoms with Crippen LogP contribution >= 0.6 is 0 Å². The molecule has 1 saturated carbocycles. The Morgan fingerprint density at radius 3 is 2.78 bits per heavy atom. The van der Waals surface area contributed by atoms with Gasteiger partial charge < -0.3 is 9.63 Å². The van der Waals surface area contributed by atoms with Gasteiger partial charge in [0.2, 0.25) is 5.89 Å². The summed E-state index contributed by atoms with van der Waals surface area (Å²) in [7, 11) is 2.05. The number of hydrogen-bond acceptors (Lipinski definition) is 5. The van der Waals surface area contributed by atoms with Crippen molar-refractivity contribution in [1.82, 2.24) is 15.0 Å². The molecular weight excluding hydrogens is 290 g/mol. The Balaban J connectivity index is 1.60. The van der Waals surface area contributed by atoms with Gasteiger partial charge in [0.15, 0.2) is 5.82 Å². The molecule has 1 fully saturated rings. The predicted octanol–water partition coefficient (Wildman–Crippen LogP) is 2.81. The molecule has 5 nitrogen and oxygen atoms in total. The molecule has 0 spiro atoms. The third-order valence-electron chi connectivity index (χ3n) is 4.85. The highest BCUT2D eigenvalue weighted by molar-refractivity contribution is 5.18. The SMILES string of the molecule is CC(c1nc(Cc2ccccc2)no1)N(C)CC1CCCC1O. The fourth-order valence-corrected chi connectivity index (χ4v) is 3.23. The molecule has 0 amide bonds. The van der Waals surface area contributed by atoms with E-state index in [0.717, 1.165) is 25.8 Å². The van der Waals surface area contributed by atoms with Crippen molar-refractivity contribution in [3.05, 3.63) is 47.6 Å². The number of benzene rings is 1.